The van der Waals surface area contributed by atoms with Crippen LogP contribution in [0.3, 0.4) is 0 Å². The van der Waals surface area contributed by atoms with E-state index in [1.54, 1.807) is 37.4 Å². The molecule has 4 heterocycles. The molecule has 7 amide bonds. The molecule has 0 bridgehead atoms. The normalized spacial score (nSPS) is 17.5. The minimum Gasteiger partial charge on any atom is -0.508 e. The van der Waals surface area contributed by atoms with E-state index in [0.29, 0.717) is 34.2 Å². The summed E-state index contributed by atoms with van der Waals surface area (Å²) in [5.41, 5.74) is 8.22. The van der Waals surface area contributed by atoms with Crippen LogP contribution in [0.25, 0.3) is 21.9 Å². The Balaban J connectivity index is 1.14. The number of anilines is 1. The van der Waals surface area contributed by atoms with Crippen LogP contribution in [0.1, 0.15) is 48.8 Å². The number of hydrogen-bond donors (Lipinski definition) is 8. The molecule has 9 N–H and O–H groups in total. The van der Waals surface area contributed by atoms with Crippen LogP contribution in [0.2, 0.25) is 0 Å². The number of rotatable bonds is 15. The molecular weight excluding hydrogens is 801 g/mol. The van der Waals surface area contributed by atoms with Gasteiger partial charge < -0.3 is 51.7 Å². The van der Waals surface area contributed by atoms with Crippen LogP contribution in [0.5, 0.6) is 5.75 Å². The molecule has 2 fully saturated rings. The fraction of sp³-hybridized carbons (Fsp3) is 0.318. The molecule has 62 heavy (non-hydrogen) atoms. The Morgan fingerprint density at radius 2 is 1.60 bits per heavy atom. The van der Waals surface area contributed by atoms with E-state index in [9.17, 15) is 43.5 Å². The number of hydrogen-bond acceptors (Lipinski definition) is 10. The smallest absolute Gasteiger partial charge is 0.336 e. The summed E-state index contributed by atoms with van der Waals surface area (Å²) in [6, 6.07) is 13.7. The van der Waals surface area contributed by atoms with Crippen molar-refractivity contribution in [3.8, 4) is 5.75 Å². The molecule has 2 aromatic heterocycles. The van der Waals surface area contributed by atoms with Crippen LogP contribution < -0.4 is 37.9 Å². The van der Waals surface area contributed by atoms with E-state index in [1.165, 1.54) is 29.2 Å². The topological polar surface area (TPSA) is 275 Å². The number of aryl methyl sites for hydroxylation is 1. The summed E-state index contributed by atoms with van der Waals surface area (Å²) in [6.07, 6.45) is 2.02. The van der Waals surface area contributed by atoms with Crippen LogP contribution in [-0.2, 0) is 46.4 Å². The number of carbonyl (C=O) groups is 7. The van der Waals surface area contributed by atoms with E-state index in [0.717, 1.165) is 10.9 Å². The van der Waals surface area contributed by atoms with Gasteiger partial charge in [0.2, 0.25) is 41.4 Å². The highest BCUT2D eigenvalue weighted by Crippen LogP contribution is 2.24. The number of aromatic amines is 1. The summed E-state index contributed by atoms with van der Waals surface area (Å²) in [5, 5.41) is 24.9. The van der Waals surface area contributed by atoms with Crippen molar-refractivity contribution < 1.29 is 43.1 Å². The van der Waals surface area contributed by atoms with Gasteiger partial charge in [-0.1, -0.05) is 30.3 Å². The van der Waals surface area contributed by atoms with E-state index >= 15 is 0 Å². The van der Waals surface area contributed by atoms with Crippen LogP contribution in [0, 0.1) is 6.92 Å². The Hall–Kier alpha value is -7.50. The van der Waals surface area contributed by atoms with Crippen molar-refractivity contribution in [1.29, 1.82) is 0 Å². The van der Waals surface area contributed by atoms with Crippen molar-refractivity contribution in [2.75, 3.05) is 11.9 Å². The number of likely N-dealkylation sites (tertiary alicyclic amines) is 1. The van der Waals surface area contributed by atoms with Gasteiger partial charge >= 0.3 is 5.63 Å². The maximum absolute atomic E-state index is 14.5. The lowest BCUT2D eigenvalue weighted by Crippen LogP contribution is -2.59. The van der Waals surface area contributed by atoms with Crippen molar-refractivity contribution in [2.24, 2.45) is 5.73 Å². The van der Waals surface area contributed by atoms with Gasteiger partial charge in [-0.15, -0.1) is 0 Å². The molecule has 2 aliphatic rings. The fourth-order valence-corrected chi connectivity index (χ4v) is 7.97. The molecule has 5 aromatic rings. The zero-order chi connectivity index (χ0) is 44.1. The first-order valence-corrected chi connectivity index (χ1v) is 20.2. The lowest BCUT2D eigenvalue weighted by molar-refractivity contribution is -0.143. The summed E-state index contributed by atoms with van der Waals surface area (Å²) < 4.78 is 5.38. The minimum absolute atomic E-state index is 0.0195. The molecule has 322 valence electrons. The van der Waals surface area contributed by atoms with Crippen LogP contribution in [-0.4, -0.2) is 93.1 Å². The largest absolute Gasteiger partial charge is 0.508 e. The number of aromatic nitrogens is 1. The number of nitrogens with zero attached hydrogens (tertiary/aromatic N) is 1. The molecule has 18 nitrogen and oxygen atoms in total. The predicted octanol–water partition coefficient (Wildman–Crippen LogP) is 1.31. The Labute approximate surface area is 354 Å². The molecule has 7 rings (SSSR count). The maximum atomic E-state index is 14.5. The van der Waals surface area contributed by atoms with Crippen LogP contribution in [0.15, 0.2) is 88.2 Å². The third-order valence-electron chi connectivity index (χ3n) is 11.1. The molecule has 5 unspecified atom stereocenters. The Kier molecular flexibility index (Phi) is 12.7. The number of aromatic hydroxyl groups is 1. The first-order valence-electron chi connectivity index (χ1n) is 20.2. The number of fused-ring (bicyclic) bond motifs is 2. The predicted molar refractivity (Wildman–Crippen MR) is 225 cm³/mol. The fourth-order valence-electron chi connectivity index (χ4n) is 7.97. The zero-order valence-electron chi connectivity index (χ0n) is 33.7. The number of nitrogens with one attached hydrogen (secondary N) is 6. The van der Waals surface area contributed by atoms with Gasteiger partial charge in [-0.3, -0.25) is 33.6 Å². The molecule has 0 aliphatic carbocycles. The van der Waals surface area contributed by atoms with E-state index in [2.05, 4.69) is 31.6 Å². The molecule has 0 saturated carbocycles. The van der Waals surface area contributed by atoms with E-state index in [4.69, 9.17) is 10.2 Å². The minimum atomic E-state index is -1.42. The highest BCUT2D eigenvalue weighted by Gasteiger charge is 2.41. The Morgan fingerprint density at radius 3 is 2.34 bits per heavy atom. The number of para-hydroxylation sites is 1. The SMILES string of the molecule is Cc1cc(=O)oc2cc(NC(=O)C(Cc3c[nH]c4ccccc34)NC(=O)C(Cc3ccc(O)cc3)NC(=O)C3CCCN3C(=O)C(CC(N)=O)NC(=O)C3CCC(=O)N3)ccc12. The molecule has 0 radical (unpaired) electrons. The summed E-state index contributed by atoms with van der Waals surface area (Å²) in [5.74, 6) is -4.69. The van der Waals surface area contributed by atoms with Crippen molar-refractivity contribution in [3.63, 3.8) is 0 Å². The standard InChI is InChI=1S/C44H46N8O10/c1-23-17-39(56)62-36-20-26(10-13-28(23)36)47-41(58)33(19-25-22-46-30-6-3-2-5-29(25)30)49-42(59)32(18-24-8-11-27(53)12-9-24)50-43(60)35-7-4-16-52(35)44(61)34(21-37(45)54)51-40(57)31-14-15-38(55)48-31/h2-3,5-6,8-13,17,20,22,31-35,46,53H,4,7,14-16,18-19,21H2,1H3,(H2,45,54)(H,47,58)(H,48,55)(H,49,59)(H,50,60)(H,51,57). The molecule has 5 atom stereocenters. The molecule has 2 saturated heterocycles. The first-order chi connectivity index (χ1) is 29.7. The van der Waals surface area contributed by atoms with Gasteiger partial charge in [-0.25, -0.2) is 4.79 Å². The second-order valence-electron chi connectivity index (χ2n) is 15.6. The lowest BCUT2D eigenvalue weighted by atomic mass is 10.0. The average molecular weight is 847 g/mol. The van der Waals surface area contributed by atoms with Crippen molar-refractivity contribution in [3.05, 3.63) is 106 Å². The lowest BCUT2D eigenvalue weighted by Gasteiger charge is -2.30. The second kappa shape index (κ2) is 18.4. The number of benzene rings is 3. The van der Waals surface area contributed by atoms with Gasteiger partial charge in [-0.2, -0.15) is 0 Å². The van der Waals surface area contributed by atoms with Gasteiger partial charge in [0.25, 0.3) is 0 Å². The maximum Gasteiger partial charge on any atom is 0.336 e. The molecular formula is C44H46N8O10. The summed E-state index contributed by atoms with van der Waals surface area (Å²) in [6.45, 7) is 1.86. The number of nitrogens with two attached hydrogens (primary N) is 1. The van der Waals surface area contributed by atoms with Gasteiger partial charge in [0.15, 0.2) is 0 Å². The molecule has 18 heteroatoms. The number of phenolic OH excluding ortho intramolecular Hbond substituents is 1. The molecule has 2 aliphatic heterocycles. The van der Waals surface area contributed by atoms with E-state index in [-0.39, 0.29) is 55.9 Å². The van der Waals surface area contributed by atoms with Crippen LogP contribution in [0.4, 0.5) is 5.69 Å². The van der Waals surface area contributed by atoms with Gasteiger partial charge in [-0.05, 0) is 73.2 Å². The summed E-state index contributed by atoms with van der Waals surface area (Å²) >= 11 is 0. The van der Waals surface area contributed by atoms with Crippen molar-refractivity contribution >= 4 is 68.9 Å². The third kappa shape index (κ3) is 9.92. The number of phenols is 1. The second-order valence-corrected chi connectivity index (χ2v) is 15.6. The van der Waals surface area contributed by atoms with Crippen molar-refractivity contribution in [1.82, 2.24) is 31.2 Å². The number of primary amides is 1. The first kappa shape index (κ1) is 42.6. The number of amides is 7. The number of H-pyrrole nitrogens is 1. The van der Waals surface area contributed by atoms with Gasteiger partial charge in [0, 0.05) is 66.1 Å². The van der Waals surface area contributed by atoms with Crippen molar-refractivity contribution in [2.45, 2.75) is 82.1 Å². The quantitative estimate of drug-likeness (QED) is 0.0700. The summed E-state index contributed by atoms with van der Waals surface area (Å²) in [4.78, 5) is 110. The highest BCUT2D eigenvalue weighted by atomic mass is 16.4. The summed E-state index contributed by atoms with van der Waals surface area (Å²) in [7, 11) is 0. The molecule has 3 aromatic carbocycles. The zero-order valence-corrected chi connectivity index (χ0v) is 33.7. The number of carbonyl (C=O) groups excluding carboxylic acids is 7. The third-order valence-corrected chi connectivity index (χ3v) is 11.1. The monoisotopic (exact) mass is 846 g/mol. The Bertz CT molecular complexity index is 2620. The van der Waals surface area contributed by atoms with Gasteiger partial charge in [0.05, 0.1) is 6.42 Å². The Morgan fingerprint density at radius 1 is 0.855 bits per heavy atom. The van der Waals surface area contributed by atoms with E-state index in [1.807, 2.05) is 24.3 Å². The van der Waals surface area contributed by atoms with Crippen LogP contribution >= 0.6 is 0 Å². The van der Waals surface area contributed by atoms with Gasteiger partial charge in [0.1, 0.15) is 41.5 Å². The average Bonchev–Trinajstić information content (AvgIpc) is 4.01. The highest BCUT2D eigenvalue weighted by molar-refractivity contribution is 6.01. The van der Waals surface area contributed by atoms with E-state index < -0.39 is 77.7 Å². The molecule has 0 spiro atoms.